The summed E-state index contributed by atoms with van der Waals surface area (Å²) in [6.45, 7) is 3.33. The average molecular weight is 273 g/mol. The van der Waals surface area contributed by atoms with Gasteiger partial charge in [0.25, 0.3) is 0 Å². The summed E-state index contributed by atoms with van der Waals surface area (Å²) in [6, 6.07) is 0. The summed E-state index contributed by atoms with van der Waals surface area (Å²) in [5, 5.41) is 8.73. The molecule has 0 aromatic rings. The molecule has 0 atom stereocenters. The van der Waals surface area contributed by atoms with Crippen LogP contribution in [0.15, 0.2) is 0 Å². The summed E-state index contributed by atoms with van der Waals surface area (Å²) in [6.07, 6.45) is -4.41. The molecule has 0 aromatic carbocycles. The third-order valence-electron chi connectivity index (χ3n) is 2.21. The lowest BCUT2D eigenvalue weighted by molar-refractivity contribution is -0.159. The van der Waals surface area contributed by atoms with Crippen LogP contribution in [0.4, 0.5) is 13.2 Å². The minimum absolute atomic E-state index is 0.00944. The zero-order valence-electron chi connectivity index (χ0n) is 10.9. The predicted molar refractivity (Wildman–Crippen MR) is 61.2 cm³/mol. The van der Waals surface area contributed by atoms with Gasteiger partial charge in [-0.3, -0.25) is 4.90 Å². The second-order valence-corrected chi connectivity index (χ2v) is 3.74. The minimum atomic E-state index is -4.26. The highest BCUT2D eigenvalue weighted by molar-refractivity contribution is 4.64. The van der Waals surface area contributed by atoms with Gasteiger partial charge in [0.05, 0.1) is 13.2 Å². The van der Waals surface area contributed by atoms with Crippen molar-refractivity contribution in [3.05, 3.63) is 0 Å². The molecule has 0 aromatic heterocycles. The van der Waals surface area contributed by atoms with E-state index in [0.29, 0.717) is 19.6 Å². The van der Waals surface area contributed by atoms with Crippen LogP contribution in [0.2, 0.25) is 0 Å². The lowest BCUT2D eigenvalue weighted by Crippen LogP contribution is -2.38. The van der Waals surface area contributed by atoms with Crippen molar-refractivity contribution in [3.8, 4) is 0 Å². The molecular formula is C11H22F3NO3. The molecule has 0 rings (SSSR count). The topological polar surface area (TPSA) is 41.9 Å². The van der Waals surface area contributed by atoms with E-state index in [1.165, 1.54) is 0 Å². The summed E-state index contributed by atoms with van der Waals surface area (Å²) in [7, 11) is 0. The first-order valence-electron chi connectivity index (χ1n) is 6.06. The van der Waals surface area contributed by atoms with Crippen LogP contribution in [0, 0.1) is 0 Å². The van der Waals surface area contributed by atoms with Crippen molar-refractivity contribution >= 4 is 0 Å². The molecule has 0 aliphatic carbocycles. The molecule has 0 aliphatic heterocycles. The second-order valence-electron chi connectivity index (χ2n) is 3.74. The second kappa shape index (κ2) is 9.55. The lowest BCUT2D eigenvalue weighted by Gasteiger charge is -2.25. The molecule has 110 valence electrons. The van der Waals surface area contributed by atoms with Gasteiger partial charge in [-0.2, -0.15) is 13.2 Å². The smallest absolute Gasteiger partial charge is 0.395 e. The van der Waals surface area contributed by atoms with Crippen LogP contribution < -0.4 is 0 Å². The zero-order valence-corrected chi connectivity index (χ0v) is 10.9. The van der Waals surface area contributed by atoms with E-state index in [-0.39, 0.29) is 19.7 Å². The van der Waals surface area contributed by atoms with Crippen LogP contribution in [0.5, 0.6) is 0 Å². The molecule has 0 radical (unpaired) electrons. The van der Waals surface area contributed by atoms with Gasteiger partial charge in [0.1, 0.15) is 0 Å². The maximum Gasteiger partial charge on any atom is 0.401 e. The molecular weight excluding hydrogens is 251 g/mol. The molecule has 0 amide bonds. The fourth-order valence-corrected chi connectivity index (χ4v) is 1.54. The van der Waals surface area contributed by atoms with Gasteiger partial charge in [-0.25, -0.2) is 0 Å². The molecule has 0 unspecified atom stereocenters. The summed E-state index contributed by atoms with van der Waals surface area (Å²) < 4.78 is 47.3. The van der Waals surface area contributed by atoms with Crippen LogP contribution in [0.25, 0.3) is 0 Å². The van der Waals surface area contributed by atoms with E-state index in [1.54, 1.807) is 13.8 Å². The minimum Gasteiger partial charge on any atom is -0.395 e. The van der Waals surface area contributed by atoms with Gasteiger partial charge < -0.3 is 14.6 Å². The highest BCUT2D eigenvalue weighted by atomic mass is 19.4. The molecule has 7 heteroatoms. The SMILES string of the molecule is CCOC(CCN(CCO)CC(F)(F)F)OCC. The molecule has 0 saturated heterocycles. The number of halogens is 3. The third-order valence-corrected chi connectivity index (χ3v) is 2.21. The summed E-state index contributed by atoms with van der Waals surface area (Å²) in [5.41, 5.74) is 0. The number of aliphatic hydroxyl groups excluding tert-OH is 1. The standard InChI is InChI=1S/C11H22F3NO3/c1-3-17-10(18-4-2)5-6-15(7-8-16)9-11(12,13)14/h10,16H,3-9H2,1-2H3. The molecule has 4 nitrogen and oxygen atoms in total. The fraction of sp³-hybridized carbons (Fsp3) is 1.00. The number of alkyl halides is 3. The van der Waals surface area contributed by atoms with Crippen LogP contribution in [-0.2, 0) is 9.47 Å². The van der Waals surface area contributed by atoms with Crippen molar-refractivity contribution < 1.29 is 27.8 Å². The van der Waals surface area contributed by atoms with E-state index in [2.05, 4.69) is 0 Å². The lowest BCUT2D eigenvalue weighted by atomic mass is 10.3. The average Bonchev–Trinajstić information content (AvgIpc) is 2.24. The fourth-order valence-electron chi connectivity index (χ4n) is 1.54. The maximum absolute atomic E-state index is 12.3. The normalized spacial score (nSPS) is 12.7. The van der Waals surface area contributed by atoms with Crippen molar-refractivity contribution in [3.63, 3.8) is 0 Å². The van der Waals surface area contributed by atoms with Gasteiger partial charge in [0, 0.05) is 32.7 Å². The van der Waals surface area contributed by atoms with E-state index in [4.69, 9.17) is 14.6 Å². The van der Waals surface area contributed by atoms with Gasteiger partial charge in [0.15, 0.2) is 6.29 Å². The Morgan fingerprint density at radius 2 is 1.67 bits per heavy atom. The van der Waals surface area contributed by atoms with Crippen molar-refractivity contribution in [1.29, 1.82) is 0 Å². The van der Waals surface area contributed by atoms with E-state index >= 15 is 0 Å². The number of hydrogen-bond acceptors (Lipinski definition) is 4. The first-order chi connectivity index (χ1) is 8.42. The third kappa shape index (κ3) is 9.64. The Morgan fingerprint density at radius 1 is 1.11 bits per heavy atom. The van der Waals surface area contributed by atoms with E-state index in [1.807, 2.05) is 0 Å². The molecule has 0 saturated carbocycles. The number of aliphatic hydroxyl groups is 1. The molecule has 0 spiro atoms. The number of hydrogen-bond donors (Lipinski definition) is 1. The van der Waals surface area contributed by atoms with Gasteiger partial charge in [-0.1, -0.05) is 0 Å². The largest absolute Gasteiger partial charge is 0.401 e. The molecule has 1 N–H and O–H groups in total. The first kappa shape index (κ1) is 17.6. The summed E-state index contributed by atoms with van der Waals surface area (Å²) >= 11 is 0. The van der Waals surface area contributed by atoms with Crippen molar-refractivity contribution in [2.45, 2.75) is 32.7 Å². The van der Waals surface area contributed by atoms with Crippen LogP contribution >= 0.6 is 0 Å². The van der Waals surface area contributed by atoms with E-state index in [0.717, 1.165) is 4.90 Å². The molecule has 0 heterocycles. The molecule has 0 aliphatic rings. The molecule has 18 heavy (non-hydrogen) atoms. The quantitative estimate of drug-likeness (QED) is 0.614. The van der Waals surface area contributed by atoms with Crippen molar-refractivity contribution in [1.82, 2.24) is 4.90 Å². The van der Waals surface area contributed by atoms with Gasteiger partial charge in [-0.15, -0.1) is 0 Å². The van der Waals surface area contributed by atoms with Crippen LogP contribution in [-0.4, -0.2) is 61.9 Å². The Hall–Kier alpha value is -0.370. The number of rotatable bonds is 10. The summed E-state index contributed by atoms with van der Waals surface area (Å²) in [5.74, 6) is 0. The van der Waals surface area contributed by atoms with E-state index in [9.17, 15) is 13.2 Å². The van der Waals surface area contributed by atoms with Crippen molar-refractivity contribution in [2.24, 2.45) is 0 Å². The predicted octanol–water partition coefficient (Wildman–Crippen LogP) is 1.63. The van der Waals surface area contributed by atoms with Gasteiger partial charge in [0.2, 0.25) is 0 Å². The van der Waals surface area contributed by atoms with Crippen molar-refractivity contribution in [2.75, 3.05) is 39.5 Å². The van der Waals surface area contributed by atoms with Crippen LogP contribution in [0.1, 0.15) is 20.3 Å². The first-order valence-corrected chi connectivity index (χ1v) is 6.06. The van der Waals surface area contributed by atoms with Gasteiger partial charge in [-0.05, 0) is 13.8 Å². The monoisotopic (exact) mass is 273 g/mol. The Bertz CT molecular complexity index is 196. The highest BCUT2D eigenvalue weighted by Gasteiger charge is 2.30. The van der Waals surface area contributed by atoms with E-state index < -0.39 is 19.0 Å². The maximum atomic E-state index is 12.3. The Labute approximate surface area is 106 Å². The van der Waals surface area contributed by atoms with Crippen LogP contribution in [0.3, 0.4) is 0 Å². The highest BCUT2D eigenvalue weighted by Crippen LogP contribution is 2.17. The Kier molecular flexibility index (Phi) is 9.35. The zero-order chi connectivity index (χ0) is 14.0. The van der Waals surface area contributed by atoms with Gasteiger partial charge >= 0.3 is 6.18 Å². The number of ether oxygens (including phenoxy) is 2. The summed E-state index contributed by atoms with van der Waals surface area (Å²) in [4.78, 5) is 1.14. The molecule has 0 fully saturated rings. The molecule has 0 bridgehead atoms. The Balaban J connectivity index is 4.13. The Morgan fingerprint density at radius 3 is 2.06 bits per heavy atom. The number of nitrogens with zero attached hydrogens (tertiary/aromatic N) is 1.